The largest absolute Gasteiger partial charge is 0.493 e. The number of hydrogen-bond donors (Lipinski definition) is 0. The Morgan fingerprint density at radius 1 is 1.23 bits per heavy atom. The highest BCUT2D eigenvalue weighted by atomic mass is 16.5. The van der Waals surface area contributed by atoms with Crippen LogP contribution in [0, 0.1) is 0 Å². The lowest BCUT2D eigenvalue weighted by Crippen LogP contribution is -2.23. The van der Waals surface area contributed by atoms with Crippen molar-refractivity contribution in [2.75, 3.05) is 26.2 Å². The highest BCUT2D eigenvalue weighted by molar-refractivity contribution is 5.99. The van der Waals surface area contributed by atoms with Gasteiger partial charge in [0.25, 0.3) is 0 Å². The number of carbonyl (C=O) groups excluding carboxylic acids is 1. The number of carbonyl (C=O) groups is 1. The average Bonchev–Trinajstić information content (AvgIpc) is 2.97. The van der Waals surface area contributed by atoms with Gasteiger partial charge >= 0.3 is 0 Å². The Bertz CT molecular complexity index is 511. The molecule has 1 fully saturated rings. The molecule has 22 heavy (non-hydrogen) atoms. The molecule has 0 radical (unpaired) electrons. The van der Waals surface area contributed by atoms with E-state index in [-0.39, 0.29) is 11.2 Å². The zero-order valence-corrected chi connectivity index (χ0v) is 14.4. The number of nitrogens with zero attached hydrogens (tertiary/aromatic N) is 1. The number of benzene rings is 1. The summed E-state index contributed by atoms with van der Waals surface area (Å²) in [5, 5.41) is 0. The van der Waals surface area contributed by atoms with Crippen LogP contribution in [0.4, 0.5) is 0 Å². The van der Waals surface area contributed by atoms with Gasteiger partial charge < -0.3 is 9.64 Å². The van der Waals surface area contributed by atoms with Crippen LogP contribution >= 0.6 is 0 Å². The second kappa shape index (κ2) is 7.28. The predicted molar refractivity (Wildman–Crippen MR) is 90.9 cm³/mol. The summed E-state index contributed by atoms with van der Waals surface area (Å²) in [5.74, 6) is 0.920. The van der Waals surface area contributed by atoms with Crippen LogP contribution < -0.4 is 4.74 Å². The molecule has 3 nitrogen and oxygen atoms in total. The van der Waals surface area contributed by atoms with E-state index in [1.807, 2.05) is 19.1 Å². The minimum absolute atomic E-state index is 0.0364. The third-order valence-electron chi connectivity index (χ3n) is 4.30. The summed E-state index contributed by atoms with van der Waals surface area (Å²) in [6.07, 6.45) is 3.10. The van der Waals surface area contributed by atoms with Crippen molar-refractivity contribution in [3.8, 4) is 5.75 Å². The fourth-order valence-electron chi connectivity index (χ4n) is 2.90. The van der Waals surface area contributed by atoms with Gasteiger partial charge in [-0.2, -0.15) is 0 Å². The first-order valence-corrected chi connectivity index (χ1v) is 8.44. The van der Waals surface area contributed by atoms with Crippen molar-refractivity contribution in [1.29, 1.82) is 0 Å². The van der Waals surface area contributed by atoms with Crippen LogP contribution in [-0.2, 0) is 5.41 Å². The Labute approximate surface area is 134 Å². The molecule has 1 aliphatic heterocycles. The lowest BCUT2D eigenvalue weighted by Gasteiger charge is -2.21. The van der Waals surface area contributed by atoms with Gasteiger partial charge in [-0.05, 0) is 56.0 Å². The number of ether oxygens (including phenoxy) is 1. The molecule has 2 rings (SSSR count). The molecule has 0 unspecified atom stereocenters. The number of ketones is 1. The minimum atomic E-state index is 0.0364. The molecule has 1 aromatic carbocycles. The molecule has 0 spiro atoms. The van der Waals surface area contributed by atoms with Gasteiger partial charge in [-0.3, -0.25) is 4.79 Å². The van der Waals surface area contributed by atoms with E-state index in [0.717, 1.165) is 30.9 Å². The standard InChI is InChI=1S/C19H29NO2/c1-5-22-18-9-8-15(19(2,3)4)14-16(18)17(21)10-13-20-11-6-7-12-20/h8-9,14H,5-7,10-13H2,1-4H3. The number of likely N-dealkylation sites (tertiary alicyclic amines) is 1. The fourth-order valence-corrected chi connectivity index (χ4v) is 2.90. The predicted octanol–water partition coefficient (Wildman–Crippen LogP) is 4.05. The van der Waals surface area contributed by atoms with E-state index in [9.17, 15) is 4.79 Å². The Morgan fingerprint density at radius 3 is 2.50 bits per heavy atom. The van der Waals surface area contributed by atoms with Crippen molar-refractivity contribution in [3.05, 3.63) is 29.3 Å². The molecular formula is C19H29NO2. The van der Waals surface area contributed by atoms with E-state index in [1.165, 1.54) is 18.4 Å². The summed E-state index contributed by atoms with van der Waals surface area (Å²) in [4.78, 5) is 15.1. The smallest absolute Gasteiger partial charge is 0.167 e. The minimum Gasteiger partial charge on any atom is -0.493 e. The van der Waals surface area contributed by atoms with Gasteiger partial charge in [-0.15, -0.1) is 0 Å². The molecule has 0 N–H and O–H groups in total. The van der Waals surface area contributed by atoms with Crippen LogP contribution in [0.1, 0.15) is 62.9 Å². The van der Waals surface area contributed by atoms with Crippen LogP contribution in [0.2, 0.25) is 0 Å². The SMILES string of the molecule is CCOc1ccc(C(C)(C)C)cc1C(=O)CCN1CCCC1. The summed E-state index contributed by atoms with van der Waals surface area (Å²) >= 11 is 0. The van der Waals surface area contributed by atoms with Crippen LogP contribution in [0.25, 0.3) is 0 Å². The van der Waals surface area contributed by atoms with Crippen LogP contribution in [0.5, 0.6) is 5.75 Å². The Kier molecular flexibility index (Phi) is 5.63. The van der Waals surface area contributed by atoms with Gasteiger partial charge in [0, 0.05) is 13.0 Å². The normalized spacial score (nSPS) is 16.0. The van der Waals surface area contributed by atoms with Crippen molar-refractivity contribution in [2.45, 2.75) is 52.4 Å². The van der Waals surface area contributed by atoms with E-state index in [4.69, 9.17) is 4.74 Å². The molecule has 0 saturated carbocycles. The lowest BCUT2D eigenvalue weighted by molar-refractivity contribution is 0.0965. The van der Waals surface area contributed by atoms with Gasteiger partial charge in [-0.25, -0.2) is 0 Å². The third kappa shape index (κ3) is 4.33. The zero-order chi connectivity index (χ0) is 16.2. The summed E-state index contributed by atoms with van der Waals surface area (Å²) in [5.41, 5.74) is 1.96. The zero-order valence-electron chi connectivity index (χ0n) is 14.4. The molecule has 122 valence electrons. The number of hydrogen-bond acceptors (Lipinski definition) is 3. The van der Waals surface area contributed by atoms with Gasteiger partial charge in [0.1, 0.15) is 5.75 Å². The summed E-state index contributed by atoms with van der Waals surface area (Å²) in [6, 6.07) is 6.05. The van der Waals surface area contributed by atoms with E-state index >= 15 is 0 Å². The molecule has 1 saturated heterocycles. The highest BCUT2D eigenvalue weighted by Gasteiger charge is 2.20. The first-order valence-electron chi connectivity index (χ1n) is 8.44. The molecule has 0 aliphatic carbocycles. The third-order valence-corrected chi connectivity index (χ3v) is 4.30. The maximum absolute atomic E-state index is 12.7. The van der Waals surface area contributed by atoms with Gasteiger partial charge in [0.2, 0.25) is 0 Å². The van der Waals surface area contributed by atoms with Gasteiger partial charge in [-0.1, -0.05) is 26.8 Å². The Hall–Kier alpha value is -1.35. The maximum atomic E-state index is 12.7. The van der Waals surface area contributed by atoms with Crippen LogP contribution in [0.3, 0.4) is 0 Å². The molecule has 0 atom stereocenters. The van der Waals surface area contributed by atoms with Gasteiger partial charge in [0.15, 0.2) is 5.78 Å². The molecule has 0 bridgehead atoms. The van der Waals surface area contributed by atoms with Crippen LogP contribution in [0.15, 0.2) is 18.2 Å². The second-order valence-electron chi connectivity index (χ2n) is 7.12. The fraction of sp³-hybridized carbons (Fsp3) is 0.632. The Morgan fingerprint density at radius 2 is 1.91 bits per heavy atom. The number of Topliss-reactive ketones (excluding diaryl/α,β-unsaturated/α-hetero) is 1. The monoisotopic (exact) mass is 303 g/mol. The van der Waals surface area contributed by atoms with E-state index in [1.54, 1.807) is 0 Å². The van der Waals surface area contributed by atoms with Crippen molar-refractivity contribution in [2.24, 2.45) is 0 Å². The second-order valence-corrected chi connectivity index (χ2v) is 7.12. The van der Waals surface area contributed by atoms with Crippen molar-refractivity contribution >= 4 is 5.78 Å². The summed E-state index contributed by atoms with van der Waals surface area (Å²) < 4.78 is 5.66. The molecule has 1 aliphatic rings. The van der Waals surface area contributed by atoms with Crippen molar-refractivity contribution in [1.82, 2.24) is 4.90 Å². The van der Waals surface area contributed by atoms with Gasteiger partial charge in [0.05, 0.1) is 12.2 Å². The van der Waals surface area contributed by atoms with E-state index in [2.05, 4.69) is 31.7 Å². The average molecular weight is 303 g/mol. The number of rotatable bonds is 6. The topological polar surface area (TPSA) is 29.5 Å². The summed E-state index contributed by atoms with van der Waals surface area (Å²) in [6.45, 7) is 12.2. The van der Waals surface area contributed by atoms with E-state index in [0.29, 0.717) is 13.0 Å². The Balaban J connectivity index is 2.15. The van der Waals surface area contributed by atoms with Crippen molar-refractivity contribution < 1.29 is 9.53 Å². The van der Waals surface area contributed by atoms with E-state index < -0.39 is 0 Å². The first kappa shape index (κ1) is 17.0. The highest BCUT2D eigenvalue weighted by Crippen LogP contribution is 2.29. The van der Waals surface area contributed by atoms with Crippen LogP contribution in [-0.4, -0.2) is 36.9 Å². The maximum Gasteiger partial charge on any atom is 0.167 e. The molecule has 1 aromatic rings. The molecule has 0 aromatic heterocycles. The van der Waals surface area contributed by atoms with Crippen molar-refractivity contribution in [3.63, 3.8) is 0 Å². The molecule has 3 heteroatoms. The molecule has 0 amide bonds. The summed E-state index contributed by atoms with van der Waals surface area (Å²) in [7, 11) is 0. The molecule has 1 heterocycles. The quantitative estimate of drug-likeness (QED) is 0.742. The molecular weight excluding hydrogens is 274 g/mol. The lowest BCUT2D eigenvalue weighted by atomic mass is 9.85. The first-order chi connectivity index (χ1) is 10.4.